The molecule has 2 saturated heterocycles. The van der Waals surface area contributed by atoms with E-state index in [1.165, 1.54) is 0 Å². The number of β-lactam (4-membered cyclic amide) rings is 1. The summed E-state index contributed by atoms with van der Waals surface area (Å²) in [7, 11) is 0. The van der Waals surface area contributed by atoms with Crippen LogP contribution in [0.4, 0.5) is 0 Å². The fourth-order valence-electron chi connectivity index (χ4n) is 1.89. The molecule has 6 nitrogen and oxygen atoms in total. The van der Waals surface area contributed by atoms with Gasteiger partial charge in [0.1, 0.15) is 6.23 Å². The van der Waals surface area contributed by atoms with Crippen LogP contribution in [-0.2, 0) is 16.1 Å². The minimum absolute atomic E-state index is 0.0241. The summed E-state index contributed by atoms with van der Waals surface area (Å²) in [6.07, 6.45) is 4.05. The van der Waals surface area contributed by atoms with E-state index in [1.807, 2.05) is 0 Å². The van der Waals surface area contributed by atoms with Crippen molar-refractivity contribution in [2.45, 2.75) is 25.3 Å². The summed E-state index contributed by atoms with van der Waals surface area (Å²) in [6.45, 7) is 1.35. The molecule has 1 aromatic rings. The first-order valence-corrected chi connectivity index (χ1v) is 4.62. The summed E-state index contributed by atoms with van der Waals surface area (Å²) < 4.78 is 7.34. The number of carbonyl (C=O) groups excluding carboxylic acids is 1. The van der Waals surface area contributed by atoms with Gasteiger partial charge in [0, 0.05) is 6.20 Å². The molecule has 1 aromatic heterocycles. The summed E-state index contributed by atoms with van der Waals surface area (Å²) in [5, 5.41) is 7.56. The van der Waals surface area contributed by atoms with Gasteiger partial charge in [-0.15, -0.1) is 5.10 Å². The van der Waals surface area contributed by atoms with Crippen molar-refractivity contribution in [3.8, 4) is 0 Å². The van der Waals surface area contributed by atoms with Gasteiger partial charge in [-0.25, -0.2) is 4.68 Å². The third-order valence-electron chi connectivity index (χ3n) is 2.63. The van der Waals surface area contributed by atoms with Crippen molar-refractivity contribution in [3.63, 3.8) is 0 Å². The van der Waals surface area contributed by atoms with Crippen LogP contribution in [0.1, 0.15) is 6.42 Å². The minimum atomic E-state index is 0.0241. The summed E-state index contributed by atoms with van der Waals surface area (Å²) in [4.78, 5) is 12.8. The average molecular weight is 194 g/mol. The van der Waals surface area contributed by atoms with Gasteiger partial charge in [0.25, 0.3) is 0 Å². The second kappa shape index (κ2) is 2.78. The van der Waals surface area contributed by atoms with Crippen LogP contribution in [0.2, 0.25) is 0 Å². The van der Waals surface area contributed by atoms with Crippen molar-refractivity contribution in [1.82, 2.24) is 19.9 Å². The fraction of sp³-hybridized carbons (Fsp3) is 0.625. The topological polar surface area (TPSA) is 60.3 Å². The highest BCUT2D eigenvalue weighted by molar-refractivity contribution is 5.82. The largest absolute Gasteiger partial charge is 0.351 e. The predicted octanol–water partition coefficient (Wildman–Crippen LogP) is -0.765. The normalized spacial score (nSPS) is 30.3. The van der Waals surface area contributed by atoms with Gasteiger partial charge in [-0.2, -0.15) is 0 Å². The summed E-state index contributed by atoms with van der Waals surface area (Å²) in [6, 6.07) is 0. The molecule has 3 heterocycles. The van der Waals surface area contributed by atoms with Gasteiger partial charge < -0.3 is 9.64 Å². The Morgan fingerprint density at radius 3 is 3.21 bits per heavy atom. The molecule has 6 heteroatoms. The number of rotatable bonds is 2. The maximum absolute atomic E-state index is 11.1. The first-order chi connectivity index (χ1) is 6.83. The Hall–Kier alpha value is -1.43. The number of amides is 1. The number of ether oxygens (including phenoxy) is 1. The predicted molar refractivity (Wildman–Crippen MR) is 45.0 cm³/mol. The summed E-state index contributed by atoms with van der Waals surface area (Å²) in [5.74, 6) is 0.191. The van der Waals surface area contributed by atoms with Crippen molar-refractivity contribution in [1.29, 1.82) is 0 Å². The van der Waals surface area contributed by atoms with Gasteiger partial charge >= 0.3 is 0 Å². The lowest BCUT2D eigenvalue weighted by atomic mass is 10.2. The van der Waals surface area contributed by atoms with E-state index in [1.54, 1.807) is 22.0 Å². The van der Waals surface area contributed by atoms with Crippen LogP contribution in [0, 0.1) is 0 Å². The number of nitrogens with zero attached hydrogens (tertiary/aromatic N) is 4. The zero-order valence-electron chi connectivity index (χ0n) is 7.54. The third kappa shape index (κ3) is 1.11. The number of aromatic nitrogens is 3. The first kappa shape index (κ1) is 7.93. The van der Waals surface area contributed by atoms with E-state index >= 15 is 0 Å². The van der Waals surface area contributed by atoms with Gasteiger partial charge in [-0.1, -0.05) is 5.21 Å². The quantitative estimate of drug-likeness (QED) is 0.580. The lowest BCUT2D eigenvalue weighted by molar-refractivity contribution is -0.156. The highest BCUT2D eigenvalue weighted by atomic mass is 16.5. The second-order valence-corrected chi connectivity index (χ2v) is 3.59. The first-order valence-electron chi connectivity index (χ1n) is 4.62. The van der Waals surface area contributed by atoms with E-state index in [-0.39, 0.29) is 18.2 Å². The molecule has 1 amide bonds. The molecule has 0 N–H and O–H groups in total. The zero-order valence-corrected chi connectivity index (χ0v) is 7.54. The number of hydrogen-bond acceptors (Lipinski definition) is 4. The number of fused-ring (bicyclic) bond motifs is 1. The highest BCUT2D eigenvalue weighted by Crippen LogP contribution is 2.28. The van der Waals surface area contributed by atoms with E-state index < -0.39 is 0 Å². The van der Waals surface area contributed by atoms with Crippen LogP contribution in [0.15, 0.2) is 12.4 Å². The fourth-order valence-corrected chi connectivity index (χ4v) is 1.89. The Morgan fingerprint density at radius 1 is 1.64 bits per heavy atom. The molecule has 2 atom stereocenters. The molecule has 2 aliphatic heterocycles. The van der Waals surface area contributed by atoms with Gasteiger partial charge in [0.05, 0.1) is 31.8 Å². The molecule has 3 rings (SSSR count). The molecule has 0 saturated carbocycles. The molecule has 0 aromatic carbocycles. The molecule has 0 spiro atoms. The third-order valence-corrected chi connectivity index (χ3v) is 2.63. The van der Waals surface area contributed by atoms with Crippen molar-refractivity contribution in [2.24, 2.45) is 0 Å². The average Bonchev–Trinajstić information content (AvgIpc) is 2.74. The number of hydrogen-bond donors (Lipinski definition) is 0. The Balaban J connectivity index is 1.64. The Kier molecular flexibility index (Phi) is 1.57. The maximum Gasteiger partial charge on any atom is 0.229 e. The zero-order chi connectivity index (χ0) is 9.54. The van der Waals surface area contributed by atoms with Gasteiger partial charge in [-0.05, 0) is 0 Å². The highest BCUT2D eigenvalue weighted by Gasteiger charge is 2.45. The van der Waals surface area contributed by atoms with E-state index in [0.29, 0.717) is 19.5 Å². The summed E-state index contributed by atoms with van der Waals surface area (Å²) in [5.41, 5.74) is 0. The van der Waals surface area contributed by atoms with Crippen LogP contribution >= 0.6 is 0 Å². The number of carbonyl (C=O) groups is 1. The molecular formula is C8H10N4O2. The van der Waals surface area contributed by atoms with E-state index in [4.69, 9.17) is 4.74 Å². The standard InChI is InChI=1S/C8H10N4O2/c13-7-3-8-12(7)5-6(14-8)4-11-2-1-9-10-11/h1-2,6,8H,3-5H2/t6-,8-/m0/s1. The van der Waals surface area contributed by atoms with Crippen molar-refractivity contribution >= 4 is 5.91 Å². The molecule has 2 fully saturated rings. The molecule has 0 bridgehead atoms. The lowest BCUT2D eigenvalue weighted by Crippen LogP contribution is -2.48. The van der Waals surface area contributed by atoms with E-state index in [9.17, 15) is 4.79 Å². The van der Waals surface area contributed by atoms with Crippen LogP contribution in [0.5, 0.6) is 0 Å². The summed E-state index contributed by atoms with van der Waals surface area (Å²) >= 11 is 0. The monoisotopic (exact) mass is 194 g/mol. The van der Waals surface area contributed by atoms with Crippen LogP contribution in [-0.4, -0.2) is 44.7 Å². The van der Waals surface area contributed by atoms with Gasteiger partial charge in [0.15, 0.2) is 0 Å². The Labute approximate surface area is 80.4 Å². The molecule has 0 aliphatic carbocycles. The Morgan fingerprint density at radius 2 is 2.57 bits per heavy atom. The minimum Gasteiger partial charge on any atom is -0.351 e. The Bertz CT molecular complexity index is 350. The van der Waals surface area contributed by atoms with Crippen molar-refractivity contribution in [2.75, 3.05) is 6.54 Å². The maximum atomic E-state index is 11.1. The molecule has 2 aliphatic rings. The van der Waals surface area contributed by atoms with Gasteiger partial charge in [0.2, 0.25) is 5.91 Å². The van der Waals surface area contributed by atoms with E-state index in [2.05, 4.69) is 10.3 Å². The van der Waals surface area contributed by atoms with Crippen LogP contribution in [0.3, 0.4) is 0 Å². The smallest absolute Gasteiger partial charge is 0.229 e. The van der Waals surface area contributed by atoms with Crippen LogP contribution in [0.25, 0.3) is 0 Å². The molecule has 0 radical (unpaired) electrons. The van der Waals surface area contributed by atoms with E-state index in [0.717, 1.165) is 0 Å². The van der Waals surface area contributed by atoms with Crippen LogP contribution < -0.4 is 0 Å². The molecule has 14 heavy (non-hydrogen) atoms. The molecule has 74 valence electrons. The van der Waals surface area contributed by atoms with Gasteiger partial charge in [-0.3, -0.25) is 4.79 Å². The van der Waals surface area contributed by atoms with Crippen molar-refractivity contribution < 1.29 is 9.53 Å². The molecular weight excluding hydrogens is 184 g/mol. The molecule has 0 unspecified atom stereocenters. The van der Waals surface area contributed by atoms with Crippen molar-refractivity contribution in [3.05, 3.63) is 12.4 Å². The second-order valence-electron chi connectivity index (χ2n) is 3.59. The lowest BCUT2D eigenvalue weighted by Gasteiger charge is -2.31. The SMILES string of the molecule is O=C1C[C@@H]2O[C@@H](Cn3ccnn3)CN12.